The van der Waals surface area contributed by atoms with Crippen molar-refractivity contribution < 1.29 is 9.90 Å². The molecule has 14 heavy (non-hydrogen) atoms. The van der Waals surface area contributed by atoms with Crippen LogP contribution in [0.25, 0.3) is 0 Å². The minimum absolute atomic E-state index is 0.336. The molecule has 1 N–H and O–H groups in total. The molecule has 0 aromatic heterocycles. The highest BCUT2D eigenvalue weighted by Gasteiger charge is 2.18. The van der Waals surface area contributed by atoms with Gasteiger partial charge < -0.3 is 10.0 Å². The fraction of sp³-hybridized carbons (Fsp3) is 0.909. The van der Waals surface area contributed by atoms with E-state index in [4.69, 9.17) is 5.11 Å². The van der Waals surface area contributed by atoms with Crippen molar-refractivity contribution in [3.8, 4) is 0 Å². The van der Waals surface area contributed by atoms with Crippen LogP contribution in [0.2, 0.25) is 0 Å². The Morgan fingerprint density at radius 1 is 1.57 bits per heavy atom. The highest BCUT2D eigenvalue weighted by molar-refractivity contribution is 5.66. The van der Waals surface area contributed by atoms with Gasteiger partial charge in [-0.15, -0.1) is 0 Å². The Morgan fingerprint density at radius 3 is 3.00 bits per heavy atom. The molecule has 3 nitrogen and oxygen atoms in total. The van der Waals surface area contributed by atoms with Crippen molar-refractivity contribution in [1.82, 2.24) is 4.90 Å². The van der Waals surface area contributed by atoms with Crippen LogP contribution in [0.5, 0.6) is 0 Å². The first-order valence-electron chi connectivity index (χ1n) is 5.66. The summed E-state index contributed by atoms with van der Waals surface area (Å²) < 4.78 is 0. The number of carboxylic acid groups (broad SMARTS) is 1. The molecule has 3 heteroatoms. The zero-order valence-corrected chi connectivity index (χ0v) is 9.04. The topological polar surface area (TPSA) is 40.5 Å². The van der Waals surface area contributed by atoms with Crippen molar-refractivity contribution in [2.75, 3.05) is 19.6 Å². The molecule has 0 radical (unpaired) electrons. The molecular formula is C11H21NO2. The summed E-state index contributed by atoms with van der Waals surface area (Å²) in [6.45, 7) is 5.73. The minimum atomic E-state index is -0.659. The molecule has 1 saturated heterocycles. The molecule has 1 atom stereocenters. The van der Waals surface area contributed by atoms with Crippen LogP contribution in [0.15, 0.2) is 0 Å². The van der Waals surface area contributed by atoms with Gasteiger partial charge in [-0.1, -0.05) is 6.92 Å². The van der Waals surface area contributed by atoms with Crippen molar-refractivity contribution in [2.45, 2.75) is 39.0 Å². The van der Waals surface area contributed by atoms with Gasteiger partial charge in [0.1, 0.15) is 0 Å². The number of carbonyl (C=O) groups is 1. The lowest BCUT2D eigenvalue weighted by molar-refractivity contribution is -0.137. The monoisotopic (exact) mass is 199 g/mol. The molecule has 0 aromatic carbocycles. The summed E-state index contributed by atoms with van der Waals surface area (Å²) in [5.41, 5.74) is 0. The lowest BCUT2D eigenvalue weighted by Crippen LogP contribution is -2.35. The summed E-state index contributed by atoms with van der Waals surface area (Å²) >= 11 is 0. The fourth-order valence-electron chi connectivity index (χ4n) is 2.22. The molecule has 1 fully saturated rings. The van der Waals surface area contributed by atoms with E-state index < -0.39 is 5.97 Å². The Balaban J connectivity index is 2.14. The second-order valence-electron chi connectivity index (χ2n) is 4.19. The number of hydrogen-bond donors (Lipinski definition) is 1. The second kappa shape index (κ2) is 6.02. The molecule has 1 heterocycles. The number of likely N-dealkylation sites (tertiary alicyclic amines) is 1. The first kappa shape index (κ1) is 11.5. The lowest BCUT2D eigenvalue weighted by atomic mass is 9.93. The Labute approximate surface area is 86.1 Å². The predicted molar refractivity (Wildman–Crippen MR) is 56.3 cm³/mol. The van der Waals surface area contributed by atoms with Gasteiger partial charge >= 0.3 is 5.97 Å². The van der Waals surface area contributed by atoms with Crippen molar-refractivity contribution in [3.63, 3.8) is 0 Å². The summed E-state index contributed by atoms with van der Waals surface area (Å²) in [6.07, 6.45) is 4.84. The second-order valence-corrected chi connectivity index (χ2v) is 4.19. The van der Waals surface area contributed by atoms with Gasteiger partial charge in [0.25, 0.3) is 0 Å². The highest BCUT2D eigenvalue weighted by Crippen LogP contribution is 2.21. The number of hydrogen-bond acceptors (Lipinski definition) is 2. The number of piperidine rings is 1. The first-order chi connectivity index (χ1) is 6.72. The largest absolute Gasteiger partial charge is 0.481 e. The van der Waals surface area contributed by atoms with E-state index in [1.54, 1.807) is 0 Å². The molecule has 0 saturated carbocycles. The van der Waals surface area contributed by atoms with Crippen LogP contribution in [0.3, 0.4) is 0 Å². The van der Waals surface area contributed by atoms with Crippen molar-refractivity contribution >= 4 is 5.97 Å². The molecule has 0 amide bonds. The summed E-state index contributed by atoms with van der Waals surface area (Å²) in [7, 11) is 0. The van der Waals surface area contributed by atoms with E-state index in [1.165, 1.54) is 25.9 Å². The molecule has 0 aromatic rings. The van der Waals surface area contributed by atoms with E-state index in [0.717, 1.165) is 25.3 Å². The smallest absolute Gasteiger partial charge is 0.303 e. The van der Waals surface area contributed by atoms with E-state index in [9.17, 15) is 4.79 Å². The summed E-state index contributed by atoms with van der Waals surface area (Å²) in [6, 6.07) is 0. The molecule has 1 aliphatic heterocycles. The number of nitrogens with zero attached hydrogens (tertiary/aromatic N) is 1. The Morgan fingerprint density at radius 2 is 2.36 bits per heavy atom. The number of carboxylic acids is 1. The van der Waals surface area contributed by atoms with Crippen LogP contribution in [0, 0.1) is 5.92 Å². The van der Waals surface area contributed by atoms with E-state index >= 15 is 0 Å². The predicted octanol–water partition coefficient (Wildman–Crippen LogP) is 1.97. The van der Waals surface area contributed by atoms with Gasteiger partial charge in [-0.25, -0.2) is 0 Å². The van der Waals surface area contributed by atoms with E-state index in [1.807, 2.05) is 0 Å². The molecule has 1 aliphatic rings. The van der Waals surface area contributed by atoms with Gasteiger partial charge in [-0.3, -0.25) is 4.79 Å². The van der Waals surface area contributed by atoms with E-state index in [2.05, 4.69) is 11.8 Å². The highest BCUT2D eigenvalue weighted by atomic mass is 16.4. The van der Waals surface area contributed by atoms with Crippen molar-refractivity contribution in [3.05, 3.63) is 0 Å². The van der Waals surface area contributed by atoms with Crippen LogP contribution < -0.4 is 0 Å². The SMILES string of the molecule is CCN1CCCC(CCCC(=O)O)C1. The zero-order chi connectivity index (χ0) is 10.4. The Bertz CT molecular complexity index is 182. The molecular weight excluding hydrogens is 178 g/mol. The Kier molecular flexibility index (Phi) is 4.94. The molecule has 1 rings (SSSR count). The lowest BCUT2D eigenvalue weighted by Gasteiger charge is -2.31. The van der Waals surface area contributed by atoms with Crippen LogP contribution in [-0.2, 0) is 4.79 Å². The average molecular weight is 199 g/mol. The van der Waals surface area contributed by atoms with Gasteiger partial charge in [0.2, 0.25) is 0 Å². The van der Waals surface area contributed by atoms with Crippen LogP contribution >= 0.6 is 0 Å². The maximum Gasteiger partial charge on any atom is 0.303 e. The molecule has 82 valence electrons. The number of aliphatic carboxylic acids is 1. The van der Waals surface area contributed by atoms with Crippen molar-refractivity contribution in [1.29, 1.82) is 0 Å². The van der Waals surface area contributed by atoms with Gasteiger partial charge in [0.05, 0.1) is 0 Å². The van der Waals surface area contributed by atoms with Crippen LogP contribution in [-0.4, -0.2) is 35.6 Å². The normalized spacial score (nSPS) is 23.6. The standard InChI is InChI=1S/C11H21NO2/c1-2-12-8-4-6-10(9-12)5-3-7-11(13)14/h10H,2-9H2,1H3,(H,13,14). The van der Waals surface area contributed by atoms with Crippen LogP contribution in [0.4, 0.5) is 0 Å². The maximum atomic E-state index is 10.4. The van der Waals surface area contributed by atoms with E-state index in [0.29, 0.717) is 6.42 Å². The molecule has 1 unspecified atom stereocenters. The van der Waals surface area contributed by atoms with Crippen molar-refractivity contribution in [2.24, 2.45) is 5.92 Å². The molecule has 0 bridgehead atoms. The maximum absolute atomic E-state index is 10.4. The quantitative estimate of drug-likeness (QED) is 0.736. The van der Waals surface area contributed by atoms with Gasteiger partial charge in [0, 0.05) is 13.0 Å². The Hall–Kier alpha value is -0.570. The molecule has 0 aliphatic carbocycles. The summed E-state index contributed by atoms with van der Waals surface area (Å²) in [5.74, 6) is 0.0798. The fourth-order valence-corrected chi connectivity index (χ4v) is 2.22. The third-order valence-electron chi connectivity index (χ3n) is 3.05. The van der Waals surface area contributed by atoms with Crippen LogP contribution in [0.1, 0.15) is 39.0 Å². The first-order valence-corrected chi connectivity index (χ1v) is 5.66. The third-order valence-corrected chi connectivity index (χ3v) is 3.05. The van der Waals surface area contributed by atoms with Gasteiger partial charge in [-0.2, -0.15) is 0 Å². The molecule has 0 spiro atoms. The van der Waals surface area contributed by atoms with E-state index in [-0.39, 0.29) is 0 Å². The summed E-state index contributed by atoms with van der Waals surface area (Å²) in [5, 5.41) is 8.53. The average Bonchev–Trinajstić information content (AvgIpc) is 2.18. The zero-order valence-electron chi connectivity index (χ0n) is 9.04. The van der Waals surface area contributed by atoms with Gasteiger partial charge in [0.15, 0.2) is 0 Å². The number of rotatable bonds is 5. The minimum Gasteiger partial charge on any atom is -0.481 e. The summed E-state index contributed by atoms with van der Waals surface area (Å²) in [4.78, 5) is 12.8. The van der Waals surface area contributed by atoms with Gasteiger partial charge in [-0.05, 0) is 44.7 Å². The third kappa shape index (κ3) is 4.09.